The third-order valence-corrected chi connectivity index (χ3v) is 3.13. The largest absolute Gasteiger partial charge is 0.508 e. The molecule has 0 aliphatic heterocycles. The molecule has 2 rings (SSSR count). The van der Waals surface area contributed by atoms with E-state index < -0.39 is 0 Å². The molecular weight excluding hydrogens is 280 g/mol. The maximum Gasteiger partial charge on any atom is 0.317 e. The van der Waals surface area contributed by atoms with Gasteiger partial charge in [-0.2, -0.15) is 0 Å². The predicted molar refractivity (Wildman–Crippen MR) is 85.0 cm³/mol. The first kappa shape index (κ1) is 15.7. The van der Waals surface area contributed by atoms with Crippen LogP contribution in [0.5, 0.6) is 11.5 Å². The first-order valence-corrected chi connectivity index (χ1v) is 7.12. The van der Waals surface area contributed by atoms with Crippen LogP contribution in [0.15, 0.2) is 48.5 Å². The molecule has 0 bridgehead atoms. The van der Waals surface area contributed by atoms with Crippen molar-refractivity contribution in [2.45, 2.75) is 13.3 Å². The van der Waals surface area contributed by atoms with Crippen LogP contribution in [0, 0.1) is 6.92 Å². The normalized spacial score (nSPS) is 10.0. The minimum Gasteiger partial charge on any atom is -0.508 e. The third kappa shape index (κ3) is 5.36. The van der Waals surface area contributed by atoms with Crippen LogP contribution in [0.2, 0.25) is 0 Å². The minimum absolute atomic E-state index is 0.119. The molecule has 5 heteroatoms. The highest BCUT2D eigenvalue weighted by Gasteiger charge is 2.00. The molecule has 2 aromatic rings. The van der Waals surface area contributed by atoms with Crippen LogP contribution in [0.25, 0.3) is 0 Å². The molecule has 5 nitrogen and oxygen atoms in total. The van der Waals surface area contributed by atoms with E-state index >= 15 is 0 Å². The number of phenolic OH excluding ortho intramolecular Hbond substituents is 1. The second-order valence-corrected chi connectivity index (χ2v) is 4.95. The molecule has 0 aliphatic carbocycles. The number of rotatable bonds is 6. The van der Waals surface area contributed by atoms with E-state index in [2.05, 4.69) is 10.6 Å². The van der Waals surface area contributed by atoms with Gasteiger partial charge in [-0.25, -0.2) is 4.79 Å². The van der Waals surface area contributed by atoms with E-state index in [-0.39, 0.29) is 18.5 Å². The van der Waals surface area contributed by atoms with Gasteiger partial charge in [0.2, 0.25) is 0 Å². The lowest BCUT2D eigenvalue weighted by Crippen LogP contribution is -2.38. The summed E-state index contributed by atoms with van der Waals surface area (Å²) in [5.74, 6) is 0.956. The Hall–Kier alpha value is -2.69. The number of carbonyl (C=O) groups is 1. The van der Waals surface area contributed by atoms with Crippen molar-refractivity contribution >= 4 is 6.03 Å². The van der Waals surface area contributed by atoms with E-state index in [4.69, 9.17) is 4.74 Å². The Morgan fingerprint density at radius 2 is 1.73 bits per heavy atom. The number of benzene rings is 2. The summed E-state index contributed by atoms with van der Waals surface area (Å²) < 4.78 is 5.41. The first-order valence-electron chi connectivity index (χ1n) is 7.12. The van der Waals surface area contributed by atoms with Crippen LogP contribution in [0.4, 0.5) is 4.79 Å². The maximum absolute atomic E-state index is 11.6. The summed E-state index contributed by atoms with van der Waals surface area (Å²) in [6, 6.07) is 14.3. The molecule has 0 spiro atoms. The number of carbonyl (C=O) groups excluding carboxylic acids is 1. The molecule has 0 saturated carbocycles. The molecule has 3 N–H and O–H groups in total. The van der Waals surface area contributed by atoms with Crippen molar-refractivity contribution in [2.24, 2.45) is 0 Å². The fourth-order valence-corrected chi connectivity index (χ4v) is 1.86. The number of nitrogens with one attached hydrogen (secondary N) is 2. The molecule has 0 atom stereocenters. The van der Waals surface area contributed by atoms with Crippen LogP contribution in [0.3, 0.4) is 0 Å². The summed E-state index contributed by atoms with van der Waals surface area (Å²) in [7, 11) is 0. The van der Waals surface area contributed by atoms with Crippen LogP contribution >= 0.6 is 0 Å². The van der Waals surface area contributed by atoms with Gasteiger partial charge < -0.3 is 20.5 Å². The summed E-state index contributed by atoms with van der Waals surface area (Å²) in [6.07, 6.45) is 0.701. The van der Waals surface area contributed by atoms with E-state index in [9.17, 15) is 9.90 Å². The van der Waals surface area contributed by atoms with Gasteiger partial charge in [0.05, 0.1) is 0 Å². The Morgan fingerprint density at radius 3 is 2.41 bits per heavy atom. The van der Waals surface area contributed by atoms with Crippen molar-refractivity contribution in [3.05, 3.63) is 59.7 Å². The Bertz CT molecular complexity index is 541. The number of aryl methyl sites for hydroxylation is 1. The highest BCUT2D eigenvalue weighted by Crippen LogP contribution is 2.11. The van der Waals surface area contributed by atoms with Gasteiger partial charge in [-0.1, -0.05) is 29.8 Å². The standard InChI is InChI=1S/C17H20N2O3/c1-13-2-8-16(9-3-13)22-12-19-17(21)18-11-10-14-4-6-15(20)7-5-14/h2-9,20H,10-12H2,1H3,(H2,18,19,21). The molecular formula is C17H20N2O3. The smallest absolute Gasteiger partial charge is 0.317 e. The average molecular weight is 300 g/mol. The van der Waals surface area contributed by atoms with Crippen molar-refractivity contribution in [1.29, 1.82) is 0 Å². The predicted octanol–water partition coefficient (Wildman–Crippen LogP) is 2.58. The molecule has 0 heterocycles. The zero-order chi connectivity index (χ0) is 15.8. The van der Waals surface area contributed by atoms with Crippen molar-refractivity contribution in [3.63, 3.8) is 0 Å². The lowest BCUT2D eigenvalue weighted by Gasteiger charge is -2.09. The molecule has 0 saturated heterocycles. The first-order chi connectivity index (χ1) is 10.6. The number of amides is 2. The van der Waals surface area contributed by atoms with Crippen molar-refractivity contribution in [1.82, 2.24) is 10.6 Å². The molecule has 2 aromatic carbocycles. The molecule has 22 heavy (non-hydrogen) atoms. The van der Waals surface area contributed by atoms with Crippen LogP contribution < -0.4 is 15.4 Å². The summed E-state index contributed by atoms with van der Waals surface area (Å²) in [4.78, 5) is 11.6. The summed E-state index contributed by atoms with van der Waals surface area (Å²) in [6.45, 7) is 2.64. The molecule has 0 unspecified atom stereocenters. The van der Waals surface area contributed by atoms with E-state index in [1.54, 1.807) is 12.1 Å². The Morgan fingerprint density at radius 1 is 1.05 bits per heavy atom. The molecule has 0 aromatic heterocycles. The zero-order valence-corrected chi connectivity index (χ0v) is 12.5. The minimum atomic E-state index is -0.272. The SMILES string of the molecule is Cc1ccc(OCNC(=O)NCCc2ccc(O)cc2)cc1. The highest BCUT2D eigenvalue weighted by atomic mass is 16.5. The van der Waals surface area contributed by atoms with E-state index in [0.29, 0.717) is 13.0 Å². The molecule has 0 aliphatic rings. The summed E-state index contributed by atoms with van der Waals surface area (Å²) >= 11 is 0. The molecule has 0 fully saturated rings. The zero-order valence-electron chi connectivity index (χ0n) is 12.5. The van der Waals surface area contributed by atoms with Gasteiger partial charge in [0.15, 0.2) is 6.73 Å². The third-order valence-electron chi connectivity index (χ3n) is 3.13. The van der Waals surface area contributed by atoms with Crippen molar-refractivity contribution < 1.29 is 14.6 Å². The number of hydrogen-bond acceptors (Lipinski definition) is 3. The number of aromatic hydroxyl groups is 1. The quantitative estimate of drug-likeness (QED) is 0.718. The second kappa shape index (κ2) is 7.93. The Labute approximate surface area is 129 Å². The average Bonchev–Trinajstić information content (AvgIpc) is 2.51. The second-order valence-electron chi connectivity index (χ2n) is 4.95. The Balaban J connectivity index is 1.61. The fourth-order valence-electron chi connectivity index (χ4n) is 1.86. The van der Waals surface area contributed by atoms with Gasteiger partial charge >= 0.3 is 6.03 Å². The van der Waals surface area contributed by atoms with Crippen molar-refractivity contribution in [2.75, 3.05) is 13.3 Å². The number of hydrogen-bond donors (Lipinski definition) is 3. The lowest BCUT2D eigenvalue weighted by atomic mass is 10.1. The molecule has 0 radical (unpaired) electrons. The van der Waals surface area contributed by atoms with Gasteiger partial charge in [-0.15, -0.1) is 0 Å². The fraction of sp³-hybridized carbons (Fsp3) is 0.235. The number of urea groups is 1. The topological polar surface area (TPSA) is 70.6 Å². The van der Waals surface area contributed by atoms with Crippen LogP contribution in [-0.2, 0) is 6.42 Å². The van der Waals surface area contributed by atoms with Crippen molar-refractivity contribution in [3.8, 4) is 11.5 Å². The van der Waals surface area contributed by atoms with Gasteiger partial charge in [0.1, 0.15) is 11.5 Å². The lowest BCUT2D eigenvalue weighted by molar-refractivity contribution is 0.224. The highest BCUT2D eigenvalue weighted by molar-refractivity contribution is 5.73. The van der Waals surface area contributed by atoms with E-state index in [1.807, 2.05) is 43.3 Å². The van der Waals surface area contributed by atoms with Gasteiger partial charge in [0.25, 0.3) is 0 Å². The maximum atomic E-state index is 11.6. The summed E-state index contributed by atoms with van der Waals surface area (Å²) in [5.41, 5.74) is 2.21. The van der Waals surface area contributed by atoms with Crippen LogP contribution in [-0.4, -0.2) is 24.4 Å². The number of ether oxygens (including phenoxy) is 1. The monoisotopic (exact) mass is 300 g/mol. The van der Waals surface area contributed by atoms with E-state index in [0.717, 1.165) is 16.9 Å². The van der Waals surface area contributed by atoms with Gasteiger partial charge in [0, 0.05) is 6.54 Å². The molecule has 2 amide bonds. The molecule has 116 valence electrons. The van der Waals surface area contributed by atoms with Gasteiger partial charge in [-0.05, 0) is 43.2 Å². The Kier molecular flexibility index (Phi) is 5.65. The number of phenols is 1. The summed E-state index contributed by atoms with van der Waals surface area (Å²) in [5, 5.41) is 14.6. The van der Waals surface area contributed by atoms with Gasteiger partial charge in [-0.3, -0.25) is 0 Å². The van der Waals surface area contributed by atoms with Crippen LogP contribution in [0.1, 0.15) is 11.1 Å². The van der Waals surface area contributed by atoms with E-state index in [1.165, 1.54) is 0 Å².